The Morgan fingerprint density at radius 2 is 2.25 bits per heavy atom. The van der Waals surface area contributed by atoms with E-state index in [4.69, 9.17) is 10.5 Å². The zero-order valence-corrected chi connectivity index (χ0v) is 9.54. The number of benzene rings is 1. The summed E-state index contributed by atoms with van der Waals surface area (Å²) in [5.41, 5.74) is 7.10. The molecule has 0 aromatic heterocycles. The van der Waals surface area contributed by atoms with Crippen LogP contribution in [0.3, 0.4) is 0 Å². The molecule has 0 radical (unpaired) electrons. The second-order valence-electron chi connectivity index (χ2n) is 3.18. The molecule has 0 bridgehead atoms. The number of nitrogens with one attached hydrogen (secondary N) is 2. The third-order valence-corrected chi connectivity index (χ3v) is 2.08. The summed E-state index contributed by atoms with van der Waals surface area (Å²) < 4.78 is 5.34. The van der Waals surface area contributed by atoms with E-state index in [2.05, 4.69) is 10.6 Å². The van der Waals surface area contributed by atoms with Crippen molar-refractivity contribution in [3.05, 3.63) is 18.2 Å². The molecule has 0 aliphatic carbocycles. The number of carbonyl (C=O) groups is 1. The summed E-state index contributed by atoms with van der Waals surface area (Å²) in [5.74, 6) is 0.533. The topological polar surface area (TPSA) is 76.4 Å². The van der Waals surface area contributed by atoms with E-state index < -0.39 is 0 Å². The highest BCUT2D eigenvalue weighted by Gasteiger charge is 2.06. The van der Waals surface area contributed by atoms with Gasteiger partial charge in [-0.3, -0.25) is 4.79 Å². The zero-order valence-electron chi connectivity index (χ0n) is 9.54. The van der Waals surface area contributed by atoms with Crippen LogP contribution in [-0.2, 0) is 4.79 Å². The molecule has 0 heterocycles. The van der Waals surface area contributed by atoms with E-state index in [-0.39, 0.29) is 12.5 Å². The normalized spacial score (nSPS) is 9.62. The lowest BCUT2D eigenvalue weighted by Crippen LogP contribution is -2.26. The predicted octanol–water partition coefficient (Wildman–Crippen LogP) is 0.825. The molecule has 5 heteroatoms. The quantitative estimate of drug-likeness (QED) is 0.646. The fraction of sp³-hybridized carbons (Fsp3) is 0.364. The Morgan fingerprint density at radius 1 is 1.50 bits per heavy atom. The molecule has 0 saturated heterocycles. The molecule has 0 saturated carbocycles. The number of para-hydroxylation sites is 1. The van der Waals surface area contributed by atoms with Crippen LogP contribution in [0.1, 0.15) is 6.92 Å². The first kappa shape index (κ1) is 12.2. The predicted molar refractivity (Wildman–Crippen MR) is 64.6 cm³/mol. The van der Waals surface area contributed by atoms with Gasteiger partial charge in [0.25, 0.3) is 0 Å². The van der Waals surface area contributed by atoms with Gasteiger partial charge in [0.1, 0.15) is 5.75 Å². The van der Waals surface area contributed by atoms with Crippen molar-refractivity contribution in [1.29, 1.82) is 0 Å². The molecule has 0 aliphatic rings. The summed E-state index contributed by atoms with van der Waals surface area (Å²) in [6, 6.07) is 5.43. The molecule has 1 amide bonds. The number of ether oxygens (including phenoxy) is 1. The minimum Gasteiger partial charge on any atom is -0.492 e. The SMILES string of the molecule is CCOc1cccc(NCC(=O)NC)c1N. The van der Waals surface area contributed by atoms with E-state index in [1.54, 1.807) is 19.2 Å². The molecule has 1 aromatic carbocycles. The van der Waals surface area contributed by atoms with E-state index in [9.17, 15) is 4.79 Å². The fourth-order valence-electron chi connectivity index (χ4n) is 1.24. The van der Waals surface area contributed by atoms with Gasteiger partial charge in [0.05, 0.1) is 24.5 Å². The molecule has 0 spiro atoms. The Balaban J connectivity index is 2.72. The van der Waals surface area contributed by atoms with Gasteiger partial charge in [0.2, 0.25) is 5.91 Å². The van der Waals surface area contributed by atoms with Gasteiger partial charge in [-0.05, 0) is 19.1 Å². The number of hydrogen-bond acceptors (Lipinski definition) is 4. The lowest BCUT2D eigenvalue weighted by molar-refractivity contribution is -0.118. The molecule has 5 nitrogen and oxygen atoms in total. The van der Waals surface area contributed by atoms with Crippen LogP contribution in [0, 0.1) is 0 Å². The number of hydrogen-bond donors (Lipinski definition) is 3. The number of carbonyl (C=O) groups excluding carboxylic acids is 1. The lowest BCUT2D eigenvalue weighted by Gasteiger charge is -2.12. The Bertz CT molecular complexity index is 366. The molecule has 16 heavy (non-hydrogen) atoms. The summed E-state index contributed by atoms with van der Waals surface area (Å²) in [6.07, 6.45) is 0. The van der Waals surface area contributed by atoms with E-state index in [0.29, 0.717) is 23.7 Å². The third kappa shape index (κ3) is 3.05. The summed E-state index contributed by atoms with van der Waals surface area (Å²) in [5, 5.41) is 5.47. The number of anilines is 2. The number of nitrogen functional groups attached to an aromatic ring is 1. The maximum atomic E-state index is 11.1. The Kier molecular flexibility index (Phi) is 4.44. The molecule has 0 unspecified atom stereocenters. The zero-order chi connectivity index (χ0) is 12.0. The first-order chi connectivity index (χ1) is 7.69. The van der Waals surface area contributed by atoms with Crippen molar-refractivity contribution in [1.82, 2.24) is 5.32 Å². The molecule has 1 rings (SSSR count). The number of nitrogens with two attached hydrogens (primary N) is 1. The summed E-state index contributed by atoms with van der Waals surface area (Å²) >= 11 is 0. The maximum absolute atomic E-state index is 11.1. The number of likely N-dealkylation sites (N-methyl/N-ethyl adjacent to an activating group) is 1. The van der Waals surface area contributed by atoms with Crippen molar-refractivity contribution >= 4 is 17.3 Å². The molecular weight excluding hydrogens is 206 g/mol. The highest BCUT2D eigenvalue weighted by Crippen LogP contribution is 2.28. The van der Waals surface area contributed by atoms with Crippen LogP contribution in [0.4, 0.5) is 11.4 Å². The summed E-state index contributed by atoms with van der Waals surface area (Å²) in [7, 11) is 1.59. The molecular formula is C11H17N3O2. The van der Waals surface area contributed by atoms with Gasteiger partial charge in [-0.2, -0.15) is 0 Å². The molecule has 0 atom stereocenters. The van der Waals surface area contributed by atoms with Crippen LogP contribution in [-0.4, -0.2) is 26.1 Å². The smallest absolute Gasteiger partial charge is 0.239 e. The molecule has 0 fully saturated rings. The van der Waals surface area contributed by atoms with Gasteiger partial charge >= 0.3 is 0 Å². The fourth-order valence-corrected chi connectivity index (χ4v) is 1.24. The van der Waals surface area contributed by atoms with Crippen LogP contribution in [0.2, 0.25) is 0 Å². The van der Waals surface area contributed by atoms with Crippen molar-refractivity contribution < 1.29 is 9.53 Å². The first-order valence-electron chi connectivity index (χ1n) is 5.14. The molecule has 1 aromatic rings. The monoisotopic (exact) mass is 223 g/mol. The first-order valence-corrected chi connectivity index (χ1v) is 5.14. The molecule has 88 valence electrons. The standard InChI is InChI=1S/C11H17N3O2/c1-3-16-9-6-4-5-8(11(9)12)14-7-10(15)13-2/h4-6,14H,3,7,12H2,1-2H3,(H,13,15). The van der Waals surface area contributed by atoms with E-state index >= 15 is 0 Å². The van der Waals surface area contributed by atoms with Gasteiger partial charge in [-0.25, -0.2) is 0 Å². The highest BCUT2D eigenvalue weighted by molar-refractivity contribution is 5.82. The van der Waals surface area contributed by atoms with Gasteiger partial charge in [-0.1, -0.05) is 6.07 Å². The van der Waals surface area contributed by atoms with Crippen molar-refractivity contribution in [2.75, 3.05) is 31.2 Å². The second kappa shape index (κ2) is 5.85. The molecule has 4 N–H and O–H groups in total. The van der Waals surface area contributed by atoms with Crippen LogP contribution in [0.5, 0.6) is 5.75 Å². The van der Waals surface area contributed by atoms with Crippen LogP contribution >= 0.6 is 0 Å². The van der Waals surface area contributed by atoms with Crippen molar-refractivity contribution in [2.45, 2.75) is 6.92 Å². The Labute approximate surface area is 95.0 Å². The summed E-state index contributed by atoms with van der Waals surface area (Å²) in [6.45, 7) is 2.64. The average Bonchev–Trinajstić information content (AvgIpc) is 2.30. The Morgan fingerprint density at radius 3 is 2.88 bits per heavy atom. The van der Waals surface area contributed by atoms with Gasteiger partial charge in [-0.15, -0.1) is 0 Å². The number of amides is 1. The van der Waals surface area contributed by atoms with Crippen molar-refractivity contribution in [3.63, 3.8) is 0 Å². The van der Waals surface area contributed by atoms with Crippen LogP contribution in [0.15, 0.2) is 18.2 Å². The van der Waals surface area contributed by atoms with E-state index in [1.165, 1.54) is 0 Å². The third-order valence-electron chi connectivity index (χ3n) is 2.08. The van der Waals surface area contributed by atoms with Gasteiger partial charge < -0.3 is 21.1 Å². The van der Waals surface area contributed by atoms with Gasteiger partial charge in [0.15, 0.2) is 0 Å². The van der Waals surface area contributed by atoms with Crippen LogP contribution in [0.25, 0.3) is 0 Å². The van der Waals surface area contributed by atoms with Crippen molar-refractivity contribution in [2.24, 2.45) is 0 Å². The average molecular weight is 223 g/mol. The van der Waals surface area contributed by atoms with Gasteiger partial charge in [0, 0.05) is 7.05 Å². The summed E-state index contributed by atoms with van der Waals surface area (Å²) in [4.78, 5) is 11.1. The van der Waals surface area contributed by atoms with Crippen LogP contribution < -0.4 is 21.1 Å². The van der Waals surface area contributed by atoms with E-state index in [0.717, 1.165) is 0 Å². The largest absolute Gasteiger partial charge is 0.492 e. The van der Waals surface area contributed by atoms with Crippen molar-refractivity contribution in [3.8, 4) is 5.75 Å². The molecule has 0 aliphatic heterocycles. The number of rotatable bonds is 5. The Hall–Kier alpha value is -1.91. The lowest BCUT2D eigenvalue weighted by atomic mass is 10.2. The minimum absolute atomic E-state index is 0.0961. The highest BCUT2D eigenvalue weighted by atomic mass is 16.5. The van der Waals surface area contributed by atoms with E-state index in [1.807, 2.05) is 13.0 Å². The maximum Gasteiger partial charge on any atom is 0.239 e. The second-order valence-corrected chi connectivity index (χ2v) is 3.18. The minimum atomic E-state index is -0.0961.